The minimum Gasteiger partial charge on any atom is -0.355 e. The summed E-state index contributed by atoms with van der Waals surface area (Å²) in [6.07, 6.45) is 2.73. The van der Waals surface area contributed by atoms with Crippen LogP contribution in [0.3, 0.4) is 0 Å². The van der Waals surface area contributed by atoms with Crippen molar-refractivity contribution in [1.82, 2.24) is 10.3 Å². The minimum absolute atomic E-state index is 0.133. The summed E-state index contributed by atoms with van der Waals surface area (Å²) in [7, 11) is 0. The second kappa shape index (κ2) is 7.54. The van der Waals surface area contributed by atoms with Crippen LogP contribution in [0.15, 0.2) is 41.8 Å². The predicted octanol–water partition coefficient (Wildman–Crippen LogP) is 3.93. The predicted molar refractivity (Wildman–Crippen MR) is 106 cm³/mol. The van der Waals surface area contributed by atoms with E-state index in [1.807, 2.05) is 6.07 Å². The third-order valence-electron chi connectivity index (χ3n) is 4.67. The zero-order valence-electron chi connectivity index (χ0n) is 14.0. The van der Waals surface area contributed by atoms with Crippen LogP contribution < -0.4 is 10.2 Å². The van der Waals surface area contributed by atoms with Crippen molar-refractivity contribution in [2.24, 2.45) is 5.92 Å². The smallest absolute Gasteiger partial charge is 0.223 e. The number of benzene rings is 1. The Kier molecular flexibility index (Phi) is 4.99. The number of thiophene rings is 1. The summed E-state index contributed by atoms with van der Waals surface area (Å²) in [5, 5.41) is 6.26. The standard InChI is InChI=1S/C19H21N3OS2/c23-18(20-10-7-15-4-3-13-24-15)14-8-11-22(12-9-14)19-21-16-5-1-2-6-17(16)25-19/h1-6,13-14H,7-12H2,(H,20,23). The van der Waals surface area contributed by atoms with Crippen LogP contribution >= 0.6 is 22.7 Å². The fraction of sp³-hybridized carbons (Fsp3) is 0.368. The summed E-state index contributed by atoms with van der Waals surface area (Å²) in [6.45, 7) is 2.54. The molecular formula is C19H21N3OS2. The van der Waals surface area contributed by atoms with Gasteiger partial charge in [-0.1, -0.05) is 29.5 Å². The lowest BCUT2D eigenvalue weighted by molar-refractivity contribution is -0.125. The first-order valence-corrected chi connectivity index (χ1v) is 10.4. The Morgan fingerprint density at radius 2 is 2.04 bits per heavy atom. The number of nitrogens with zero attached hydrogens (tertiary/aromatic N) is 2. The number of rotatable bonds is 5. The summed E-state index contributed by atoms with van der Waals surface area (Å²) in [4.78, 5) is 20.7. The van der Waals surface area contributed by atoms with Crippen molar-refractivity contribution >= 4 is 43.9 Å². The Bertz CT molecular complexity index is 802. The number of carbonyl (C=O) groups is 1. The van der Waals surface area contributed by atoms with E-state index in [1.165, 1.54) is 9.58 Å². The molecule has 0 spiro atoms. The summed E-state index contributed by atoms with van der Waals surface area (Å²) < 4.78 is 1.23. The molecule has 130 valence electrons. The molecule has 1 aromatic carbocycles. The van der Waals surface area contributed by atoms with E-state index in [0.29, 0.717) is 0 Å². The molecule has 2 aromatic heterocycles. The van der Waals surface area contributed by atoms with Gasteiger partial charge in [-0.15, -0.1) is 11.3 Å². The van der Waals surface area contributed by atoms with Crippen LogP contribution in [0.4, 0.5) is 5.13 Å². The molecule has 1 fully saturated rings. The highest BCUT2D eigenvalue weighted by Crippen LogP contribution is 2.31. The first-order valence-electron chi connectivity index (χ1n) is 8.70. The monoisotopic (exact) mass is 371 g/mol. The van der Waals surface area contributed by atoms with E-state index in [0.717, 1.165) is 49.5 Å². The van der Waals surface area contributed by atoms with Crippen molar-refractivity contribution in [2.75, 3.05) is 24.5 Å². The highest BCUT2D eigenvalue weighted by molar-refractivity contribution is 7.22. The van der Waals surface area contributed by atoms with Gasteiger partial charge in [-0.05, 0) is 42.8 Å². The zero-order chi connectivity index (χ0) is 17.1. The molecule has 25 heavy (non-hydrogen) atoms. The van der Waals surface area contributed by atoms with Crippen LogP contribution in [-0.4, -0.2) is 30.5 Å². The van der Waals surface area contributed by atoms with Gasteiger partial charge in [0.2, 0.25) is 5.91 Å². The summed E-state index contributed by atoms with van der Waals surface area (Å²) in [5.74, 6) is 0.342. The molecule has 0 atom stereocenters. The molecule has 4 rings (SSSR count). The van der Waals surface area contributed by atoms with Gasteiger partial charge in [0.05, 0.1) is 10.2 Å². The lowest BCUT2D eigenvalue weighted by atomic mass is 9.96. The van der Waals surface area contributed by atoms with Gasteiger partial charge in [-0.2, -0.15) is 0 Å². The van der Waals surface area contributed by atoms with E-state index >= 15 is 0 Å². The molecule has 1 aliphatic rings. The summed E-state index contributed by atoms with van der Waals surface area (Å²) in [6, 6.07) is 12.4. The van der Waals surface area contributed by atoms with Gasteiger partial charge in [0, 0.05) is 30.4 Å². The van der Waals surface area contributed by atoms with Gasteiger partial charge in [0.15, 0.2) is 5.13 Å². The molecule has 1 aliphatic heterocycles. The second-order valence-corrected chi connectivity index (χ2v) is 8.39. The number of fused-ring (bicyclic) bond motifs is 1. The lowest BCUT2D eigenvalue weighted by Crippen LogP contribution is -2.41. The maximum Gasteiger partial charge on any atom is 0.223 e. The second-order valence-electron chi connectivity index (χ2n) is 6.35. The van der Waals surface area contributed by atoms with Crippen molar-refractivity contribution in [3.8, 4) is 0 Å². The topological polar surface area (TPSA) is 45.2 Å². The van der Waals surface area contributed by atoms with Gasteiger partial charge in [-0.25, -0.2) is 4.98 Å². The SMILES string of the molecule is O=C(NCCc1cccs1)C1CCN(c2nc3ccccc3s2)CC1. The molecule has 1 amide bonds. The van der Waals surface area contributed by atoms with Gasteiger partial charge in [0.25, 0.3) is 0 Å². The number of hydrogen-bond donors (Lipinski definition) is 1. The summed E-state index contributed by atoms with van der Waals surface area (Å²) >= 11 is 3.49. The molecule has 3 heterocycles. The van der Waals surface area contributed by atoms with Crippen molar-refractivity contribution in [3.05, 3.63) is 46.7 Å². The van der Waals surface area contributed by atoms with Crippen molar-refractivity contribution in [1.29, 1.82) is 0 Å². The van der Waals surface area contributed by atoms with E-state index in [4.69, 9.17) is 4.98 Å². The maximum absolute atomic E-state index is 12.4. The largest absolute Gasteiger partial charge is 0.355 e. The third kappa shape index (κ3) is 3.85. The molecule has 0 saturated carbocycles. The fourth-order valence-corrected chi connectivity index (χ4v) is 4.96. The van der Waals surface area contributed by atoms with Crippen LogP contribution in [0.1, 0.15) is 17.7 Å². The molecular weight excluding hydrogens is 350 g/mol. The number of aromatic nitrogens is 1. The number of nitrogens with one attached hydrogen (secondary N) is 1. The number of carbonyl (C=O) groups excluding carboxylic acids is 1. The number of piperidine rings is 1. The number of para-hydroxylation sites is 1. The normalized spacial score (nSPS) is 15.6. The molecule has 4 nitrogen and oxygen atoms in total. The Hall–Kier alpha value is -1.92. The van der Waals surface area contributed by atoms with E-state index < -0.39 is 0 Å². The zero-order valence-corrected chi connectivity index (χ0v) is 15.6. The van der Waals surface area contributed by atoms with Crippen LogP contribution in [0.25, 0.3) is 10.2 Å². The Morgan fingerprint density at radius 1 is 1.20 bits per heavy atom. The van der Waals surface area contributed by atoms with Crippen LogP contribution in [0.5, 0.6) is 0 Å². The van der Waals surface area contributed by atoms with Crippen molar-refractivity contribution in [2.45, 2.75) is 19.3 Å². The van der Waals surface area contributed by atoms with E-state index in [1.54, 1.807) is 22.7 Å². The quantitative estimate of drug-likeness (QED) is 0.739. The lowest BCUT2D eigenvalue weighted by Gasteiger charge is -2.31. The average molecular weight is 372 g/mol. The molecule has 6 heteroatoms. The fourth-order valence-electron chi connectivity index (χ4n) is 3.24. The first kappa shape index (κ1) is 16.5. The summed E-state index contributed by atoms with van der Waals surface area (Å²) in [5.41, 5.74) is 1.07. The van der Waals surface area contributed by atoms with Crippen molar-refractivity contribution < 1.29 is 4.79 Å². The Morgan fingerprint density at radius 3 is 2.80 bits per heavy atom. The third-order valence-corrected chi connectivity index (χ3v) is 6.70. The van der Waals surface area contributed by atoms with E-state index in [9.17, 15) is 4.79 Å². The first-order chi connectivity index (χ1) is 12.3. The molecule has 1 saturated heterocycles. The van der Waals surface area contributed by atoms with Crippen LogP contribution in [0.2, 0.25) is 0 Å². The molecule has 0 unspecified atom stereocenters. The van der Waals surface area contributed by atoms with E-state index in [-0.39, 0.29) is 11.8 Å². The van der Waals surface area contributed by atoms with Crippen LogP contribution in [0, 0.1) is 5.92 Å². The Balaban J connectivity index is 1.28. The Labute approximate surface area is 155 Å². The van der Waals surface area contributed by atoms with Gasteiger partial charge in [0.1, 0.15) is 0 Å². The van der Waals surface area contributed by atoms with Crippen LogP contribution in [-0.2, 0) is 11.2 Å². The van der Waals surface area contributed by atoms with Gasteiger partial charge < -0.3 is 10.2 Å². The van der Waals surface area contributed by atoms with Gasteiger partial charge in [-0.3, -0.25) is 4.79 Å². The number of hydrogen-bond acceptors (Lipinski definition) is 5. The molecule has 0 bridgehead atoms. The minimum atomic E-state index is 0.133. The maximum atomic E-state index is 12.4. The van der Waals surface area contributed by atoms with Crippen molar-refractivity contribution in [3.63, 3.8) is 0 Å². The molecule has 1 N–H and O–H groups in total. The average Bonchev–Trinajstić information content (AvgIpc) is 3.31. The van der Waals surface area contributed by atoms with Gasteiger partial charge >= 0.3 is 0 Å². The molecule has 3 aromatic rings. The molecule has 0 aliphatic carbocycles. The number of anilines is 1. The molecule has 0 radical (unpaired) electrons. The van der Waals surface area contributed by atoms with E-state index in [2.05, 4.69) is 45.9 Å². The highest BCUT2D eigenvalue weighted by Gasteiger charge is 2.26. The highest BCUT2D eigenvalue weighted by atomic mass is 32.1. The number of amides is 1. The number of thiazole rings is 1.